The smallest absolute Gasteiger partial charge is 0.202 e. The summed E-state index contributed by atoms with van der Waals surface area (Å²) in [5, 5.41) is 60.6. The van der Waals surface area contributed by atoms with Gasteiger partial charge in [-0.3, -0.25) is 14.6 Å². The van der Waals surface area contributed by atoms with E-state index >= 15 is 0 Å². The molecule has 0 bridgehead atoms. The van der Waals surface area contributed by atoms with E-state index in [2.05, 4.69) is 4.99 Å². The van der Waals surface area contributed by atoms with E-state index in [1.165, 1.54) is 34.1 Å². The molecule has 0 saturated carbocycles. The van der Waals surface area contributed by atoms with Crippen molar-refractivity contribution in [1.29, 1.82) is 0 Å². The molecule has 8 N–H and O–H groups in total. The number of hydrogen-bond donors (Lipinski definition) is 7. The molecule has 240 valence electrons. The average molecular weight is 617 g/mol. The third kappa shape index (κ3) is 6.67. The van der Waals surface area contributed by atoms with Gasteiger partial charge in [-0.2, -0.15) is 0 Å². The van der Waals surface area contributed by atoms with Crippen molar-refractivity contribution in [3.63, 3.8) is 0 Å². The minimum Gasteiger partial charge on any atom is -0.507 e. The number of aliphatic hydroxyl groups is 4. The van der Waals surface area contributed by atoms with Gasteiger partial charge in [0.15, 0.2) is 12.1 Å². The number of methoxy groups -OCH3 is 1. The Morgan fingerprint density at radius 1 is 1.09 bits per heavy atom. The lowest BCUT2D eigenvalue weighted by Gasteiger charge is -2.36. The summed E-state index contributed by atoms with van der Waals surface area (Å²) in [6, 6.07) is 4.21. The topological polar surface area (TPSA) is 229 Å². The van der Waals surface area contributed by atoms with Crippen molar-refractivity contribution in [3.8, 4) is 17.2 Å². The molecule has 13 nitrogen and oxygen atoms in total. The second-order valence-electron chi connectivity index (χ2n) is 11.1. The summed E-state index contributed by atoms with van der Waals surface area (Å²) in [6.45, 7) is 4.28. The third-order valence-electron chi connectivity index (χ3n) is 7.81. The number of Topliss-reactive ketones (excluding diaryl/α,β-unsaturated/α-hetero) is 1. The number of aliphatic imine (C=N–C) groups is 1. The third-order valence-corrected chi connectivity index (χ3v) is 7.81. The Balaban J connectivity index is 0.000000314. The van der Waals surface area contributed by atoms with Gasteiger partial charge < -0.3 is 50.6 Å². The van der Waals surface area contributed by atoms with Crippen LogP contribution in [0, 0.1) is 0 Å². The standard InChI is InChI=1S/C22H21NO7.C6H13NO3.C3H6O/c1-23-14(9-24)22(29)7-6-10-12(8-22)20(27)16-17(18(10)25)21(28)15-11(19(16)26)4-3-5-13(15)30-2;1-3-6(9)4(7)2-5(8)10-3;1-3(2)4/h3-5,24-25,27,29H,6-9H2,1-2H3;3-6,8-9H,2,7H2,1H3;1-2H3/t22-;;/m1../s1. The van der Waals surface area contributed by atoms with Crippen LogP contribution in [0.1, 0.15) is 76.6 Å². The Kier molecular flexibility index (Phi) is 11.0. The summed E-state index contributed by atoms with van der Waals surface area (Å²) in [5.74, 6) is -1.69. The highest BCUT2D eigenvalue weighted by Gasteiger charge is 2.44. The zero-order chi connectivity index (χ0) is 33.1. The van der Waals surface area contributed by atoms with Crippen LogP contribution in [-0.2, 0) is 22.4 Å². The predicted octanol–water partition coefficient (Wildman–Crippen LogP) is 0.562. The summed E-state index contributed by atoms with van der Waals surface area (Å²) in [7, 11) is 2.82. The molecule has 13 heteroatoms. The van der Waals surface area contributed by atoms with E-state index in [1.54, 1.807) is 19.1 Å². The number of nitrogens with zero attached hydrogens (tertiary/aromatic N) is 1. The molecule has 0 radical (unpaired) electrons. The lowest BCUT2D eigenvalue weighted by atomic mass is 9.73. The van der Waals surface area contributed by atoms with E-state index in [1.807, 2.05) is 0 Å². The van der Waals surface area contributed by atoms with Crippen LogP contribution in [-0.4, -0.2) is 105 Å². The molecule has 0 spiro atoms. The zero-order valence-corrected chi connectivity index (χ0v) is 25.3. The number of nitrogens with two attached hydrogens (primary N) is 1. The number of carbonyl (C=O) groups excluding carboxylic acids is 3. The fourth-order valence-electron chi connectivity index (χ4n) is 5.60. The van der Waals surface area contributed by atoms with Gasteiger partial charge in [0.1, 0.15) is 28.6 Å². The minimum absolute atomic E-state index is 0.0418. The number of carbonyl (C=O) groups is 3. The number of ether oxygens (including phenoxy) is 2. The number of fused-ring (bicyclic) bond motifs is 3. The first-order chi connectivity index (χ1) is 20.6. The highest BCUT2D eigenvalue weighted by molar-refractivity contribution is 6.31. The van der Waals surface area contributed by atoms with E-state index in [0.717, 1.165) is 0 Å². The van der Waals surface area contributed by atoms with Crippen LogP contribution in [0.2, 0.25) is 0 Å². The van der Waals surface area contributed by atoms with Crippen molar-refractivity contribution in [1.82, 2.24) is 0 Å². The first-order valence-corrected chi connectivity index (χ1v) is 14.0. The second-order valence-corrected chi connectivity index (χ2v) is 11.1. The number of ketones is 3. The van der Waals surface area contributed by atoms with Crippen molar-refractivity contribution in [2.75, 3.05) is 20.8 Å². The summed E-state index contributed by atoms with van der Waals surface area (Å²) < 4.78 is 10.1. The summed E-state index contributed by atoms with van der Waals surface area (Å²) in [6.07, 6.45) is -1.42. The molecule has 0 amide bonds. The van der Waals surface area contributed by atoms with Gasteiger partial charge in [-0.1, -0.05) is 12.1 Å². The van der Waals surface area contributed by atoms with Crippen LogP contribution in [0.3, 0.4) is 0 Å². The van der Waals surface area contributed by atoms with Gasteiger partial charge in [-0.05, 0) is 39.7 Å². The van der Waals surface area contributed by atoms with E-state index in [-0.39, 0.29) is 82.2 Å². The van der Waals surface area contributed by atoms with Crippen molar-refractivity contribution in [2.24, 2.45) is 10.7 Å². The van der Waals surface area contributed by atoms with Gasteiger partial charge >= 0.3 is 0 Å². The largest absolute Gasteiger partial charge is 0.507 e. The maximum absolute atomic E-state index is 13.2. The molecule has 5 atom stereocenters. The molecule has 1 saturated heterocycles. The molecule has 44 heavy (non-hydrogen) atoms. The fraction of sp³-hybridized carbons (Fsp3) is 0.484. The Morgan fingerprint density at radius 2 is 1.68 bits per heavy atom. The molecule has 3 aliphatic rings. The van der Waals surface area contributed by atoms with Crippen molar-refractivity contribution in [3.05, 3.63) is 51.6 Å². The minimum atomic E-state index is -1.53. The molecular weight excluding hydrogens is 576 g/mol. The lowest BCUT2D eigenvalue weighted by molar-refractivity contribution is -0.198. The van der Waals surface area contributed by atoms with Crippen LogP contribution in [0.4, 0.5) is 0 Å². The van der Waals surface area contributed by atoms with E-state index in [0.29, 0.717) is 12.0 Å². The lowest BCUT2D eigenvalue weighted by Crippen LogP contribution is -2.51. The van der Waals surface area contributed by atoms with Crippen molar-refractivity contribution >= 4 is 23.1 Å². The number of phenolic OH excluding ortho intramolecular Hbond substituents is 2. The molecule has 2 aromatic carbocycles. The maximum Gasteiger partial charge on any atom is 0.202 e. The highest BCUT2D eigenvalue weighted by Crippen LogP contribution is 2.48. The summed E-state index contributed by atoms with van der Waals surface area (Å²) in [4.78, 5) is 39.8. The van der Waals surface area contributed by atoms with Crippen LogP contribution < -0.4 is 10.5 Å². The molecule has 2 aliphatic carbocycles. The monoisotopic (exact) mass is 616 g/mol. The van der Waals surface area contributed by atoms with Gasteiger partial charge in [0, 0.05) is 42.6 Å². The van der Waals surface area contributed by atoms with Gasteiger partial charge in [-0.25, -0.2) is 0 Å². The maximum atomic E-state index is 13.2. The van der Waals surface area contributed by atoms with E-state index in [4.69, 9.17) is 20.3 Å². The first-order valence-electron chi connectivity index (χ1n) is 14.0. The number of benzene rings is 2. The number of aliphatic hydroxyl groups excluding tert-OH is 3. The zero-order valence-electron chi connectivity index (χ0n) is 25.3. The predicted molar refractivity (Wildman–Crippen MR) is 159 cm³/mol. The highest BCUT2D eigenvalue weighted by atomic mass is 16.6. The number of hydrogen-bond acceptors (Lipinski definition) is 13. The normalized spacial score (nSPS) is 25.7. The van der Waals surface area contributed by atoms with Crippen LogP contribution in [0.5, 0.6) is 17.2 Å². The Labute approximate surface area is 254 Å². The first kappa shape index (κ1) is 34.8. The molecule has 4 unspecified atom stereocenters. The molecule has 1 heterocycles. The summed E-state index contributed by atoms with van der Waals surface area (Å²) in [5.41, 5.74) is 4.10. The molecule has 0 aromatic heterocycles. The van der Waals surface area contributed by atoms with Crippen LogP contribution in [0.15, 0.2) is 23.2 Å². The molecule has 5 rings (SSSR count). The quantitative estimate of drug-likeness (QED) is 0.158. The number of rotatable bonds is 3. The molecule has 2 aromatic rings. The summed E-state index contributed by atoms with van der Waals surface area (Å²) >= 11 is 0. The molecular formula is C31H40N2O11. The Bertz CT molecular complexity index is 1460. The van der Waals surface area contributed by atoms with Crippen LogP contribution >= 0.6 is 0 Å². The van der Waals surface area contributed by atoms with Gasteiger partial charge in [0.2, 0.25) is 5.78 Å². The van der Waals surface area contributed by atoms with Crippen molar-refractivity contribution < 1.29 is 54.5 Å². The molecule has 1 fully saturated rings. The Hall–Kier alpha value is -3.72. The number of aromatic hydroxyl groups is 2. The van der Waals surface area contributed by atoms with Gasteiger partial charge in [0.05, 0.1) is 48.3 Å². The van der Waals surface area contributed by atoms with Crippen molar-refractivity contribution in [2.45, 2.75) is 76.6 Å². The Morgan fingerprint density at radius 3 is 2.23 bits per heavy atom. The van der Waals surface area contributed by atoms with Gasteiger partial charge in [-0.15, -0.1) is 0 Å². The molecule has 1 aliphatic heterocycles. The van der Waals surface area contributed by atoms with E-state index < -0.39 is 41.9 Å². The SMILES string of the molecule is CC(C)=O.CC1OC(O)CC(N)C1O.CN=C(CO)[C@@]1(O)CCc2c(O)c3c(c(O)c2C1)C(=O)c1cccc(OC)c1C3=O. The van der Waals surface area contributed by atoms with E-state index in [9.17, 15) is 39.9 Å². The average Bonchev–Trinajstić information content (AvgIpc) is 2.96. The number of phenols is 2. The van der Waals surface area contributed by atoms with Gasteiger partial charge in [0.25, 0.3) is 0 Å². The fourth-order valence-corrected chi connectivity index (χ4v) is 5.60. The van der Waals surface area contributed by atoms with Crippen LogP contribution in [0.25, 0.3) is 0 Å². The second kappa shape index (κ2) is 13.9.